The van der Waals surface area contributed by atoms with Gasteiger partial charge in [0.15, 0.2) is 37.7 Å². The molecular weight excluding hydrogens is 1500 g/mol. The molecule has 0 aromatic heterocycles. The van der Waals surface area contributed by atoms with E-state index in [1.165, 1.54) is 155 Å². The van der Waals surface area contributed by atoms with E-state index in [2.05, 4.69) is 24.5 Å². The topological polar surface area (TPSA) is 533 Å². The van der Waals surface area contributed by atoms with Crippen molar-refractivity contribution in [1.82, 2.24) is 10.6 Å². The maximum Gasteiger partial charge on any atom is 0.220 e. The number of amides is 2. The maximum atomic E-state index is 13.5. The van der Waals surface area contributed by atoms with Crippen molar-refractivity contribution in [3.63, 3.8) is 0 Å². The second kappa shape index (κ2) is 54.8. The van der Waals surface area contributed by atoms with Gasteiger partial charge in [-0.1, -0.05) is 219 Å². The third kappa shape index (κ3) is 31.4. The average molecular weight is 1650 g/mol. The van der Waals surface area contributed by atoms with Crippen molar-refractivity contribution in [2.24, 2.45) is 0 Å². The van der Waals surface area contributed by atoms with Gasteiger partial charge in [0, 0.05) is 13.3 Å². The van der Waals surface area contributed by atoms with Gasteiger partial charge in [-0.3, -0.25) is 9.59 Å². The first-order chi connectivity index (χ1) is 54.9. The van der Waals surface area contributed by atoms with Crippen LogP contribution in [-0.4, -0.2) is 340 Å². The van der Waals surface area contributed by atoms with E-state index < -0.39 is 242 Å². The number of aliphatic hydroxyl groups excluding tert-OH is 18. The molecule has 6 saturated heterocycles. The molecule has 114 heavy (non-hydrogen) atoms. The predicted octanol–water partition coefficient (Wildman–Crippen LogP) is 0.800. The highest BCUT2D eigenvalue weighted by atomic mass is 16.8. The summed E-state index contributed by atoms with van der Waals surface area (Å²) in [4.78, 5) is 26.4. The van der Waals surface area contributed by atoms with Gasteiger partial charge in [-0.25, -0.2) is 0 Å². The third-order valence-corrected chi connectivity index (χ3v) is 22.8. The highest BCUT2D eigenvalue weighted by molar-refractivity contribution is 5.76. The van der Waals surface area contributed by atoms with Crippen LogP contribution in [0.4, 0.5) is 0 Å². The summed E-state index contributed by atoms with van der Waals surface area (Å²) in [6, 6.07) is -2.81. The molecule has 6 aliphatic heterocycles. The zero-order valence-corrected chi connectivity index (χ0v) is 67.7. The lowest BCUT2D eigenvalue weighted by Crippen LogP contribution is -2.70. The van der Waals surface area contributed by atoms with Gasteiger partial charge in [0.1, 0.15) is 140 Å². The first-order valence-corrected chi connectivity index (χ1v) is 42.8. The lowest BCUT2D eigenvalue weighted by atomic mass is 9.94. The van der Waals surface area contributed by atoms with E-state index in [-0.39, 0.29) is 12.3 Å². The van der Waals surface area contributed by atoms with Crippen LogP contribution in [0.3, 0.4) is 0 Å². The SMILES string of the molecule is CCCCCCCCCCCCC/C=C/[C@@H](O)[C@H](CO[C@@H]1OC(CO)[C@@H](O[C@@H]2OC(CO)[C@H](O[C@@H]3OC(CO)[C@H](O[C@@H]4OC(CO)[C@H](O)[C@H](O[C@@H]5OC(CO)[C@H](O)[C@H](O[C@H]6C(O)[C@H](O)C(C)O[C@H]6O)C5O)C4NC(C)=O)[C@H](O)C3O)[C@H](O)C2O)[C@H](O)C1O)NC(=O)CCCCCCCCCCCCCCCCCCCCCCC. The molecule has 0 radical (unpaired) electrons. The van der Waals surface area contributed by atoms with Gasteiger partial charge < -0.3 is 159 Å². The van der Waals surface area contributed by atoms with E-state index in [1.807, 2.05) is 6.08 Å². The molecule has 20 N–H and O–H groups in total. The van der Waals surface area contributed by atoms with Crippen LogP contribution in [0.25, 0.3) is 0 Å². The Bertz CT molecular complexity index is 2560. The van der Waals surface area contributed by atoms with Crippen LogP contribution in [0, 0.1) is 0 Å². The molecule has 0 aromatic rings. The van der Waals surface area contributed by atoms with E-state index in [9.17, 15) is 102 Å². The summed E-state index contributed by atoms with van der Waals surface area (Å²) in [6.07, 6.45) is -12.6. The summed E-state index contributed by atoms with van der Waals surface area (Å²) < 4.78 is 70.0. The Morgan fingerprint density at radius 3 is 1.13 bits per heavy atom. The molecule has 0 aliphatic carbocycles. The van der Waals surface area contributed by atoms with Crippen LogP contribution in [-0.2, 0) is 66.4 Å². The van der Waals surface area contributed by atoms with Gasteiger partial charge in [-0.15, -0.1) is 0 Å². The van der Waals surface area contributed by atoms with Crippen molar-refractivity contribution in [1.29, 1.82) is 0 Å². The van der Waals surface area contributed by atoms with Gasteiger partial charge >= 0.3 is 0 Å². The van der Waals surface area contributed by atoms with Crippen LogP contribution in [0.5, 0.6) is 0 Å². The van der Waals surface area contributed by atoms with Gasteiger partial charge in [-0.2, -0.15) is 0 Å². The lowest BCUT2D eigenvalue weighted by Gasteiger charge is -2.50. The second-order valence-electron chi connectivity index (χ2n) is 32.0. The summed E-state index contributed by atoms with van der Waals surface area (Å²) in [7, 11) is 0. The third-order valence-electron chi connectivity index (χ3n) is 22.8. The summed E-state index contributed by atoms with van der Waals surface area (Å²) in [6.45, 7) is 1.45. The first kappa shape index (κ1) is 100. The largest absolute Gasteiger partial charge is 0.394 e. The maximum absolute atomic E-state index is 13.5. The van der Waals surface area contributed by atoms with Crippen molar-refractivity contribution in [2.75, 3.05) is 39.6 Å². The van der Waals surface area contributed by atoms with Crippen LogP contribution >= 0.6 is 0 Å². The minimum Gasteiger partial charge on any atom is -0.394 e. The van der Waals surface area contributed by atoms with Crippen molar-refractivity contribution in [3.8, 4) is 0 Å². The molecule has 0 saturated carbocycles. The predicted molar refractivity (Wildman–Crippen MR) is 408 cm³/mol. The molecule has 34 nitrogen and oxygen atoms in total. The molecule has 32 atom stereocenters. The van der Waals surface area contributed by atoms with Crippen molar-refractivity contribution >= 4 is 11.8 Å². The van der Waals surface area contributed by atoms with E-state index in [0.29, 0.717) is 12.8 Å². The van der Waals surface area contributed by atoms with Crippen molar-refractivity contribution < 1.29 is 158 Å². The number of hydrogen-bond acceptors (Lipinski definition) is 32. The Labute approximate surface area is 672 Å². The fourth-order valence-corrected chi connectivity index (χ4v) is 15.8. The summed E-state index contributed by atoms with van der Waals surface area (Å²) in [5.74, 6) is -1.17. The number of aliphatic hydroxyl groups is 18. The molecule has 0 spiro atoms. The standard InChI is InChI=1S/C80H146N2O32/c1-5-7-9-11-13-15-17-19-20-21-22-23-24-25-26-28-30-32-34-36-38-40-56(90)82-49(50(89)39-37-35-33-31-29-27-18-16-14-12-10-8-6-2)46-103-77-65(98)62(95)70(53(43-85)107-77)112-79-67(100)64(97)71(55(45-87)109-79)113-78-66(99)63(96)69(54(44-86)108-78)111-76-57(81-48(4)88)72(59(92)51(41-83)105-76)114-80-68(101)73(60(93)52(42-84)106-80)110-74-61(94)58(91)47(3)104-75(74)102/h37,39,47,49-55,57-80,83-87,89,91-102H,5-36,38,40-46H2,1-4H3,(H,81,88)(H,82,90)/b39-37+/t47?,49-,50+,51?,52?,53?,54?,55?,57?,58+,59-,60-,61?,62+,63+,64+,65?,66?,67?,68?,69-,70+,71-,72+,73-,74-,75+,76-,77+,78-,79-,80-/m0/s1. The average Bonchev–Trinajstić information content (AvgIpc) is 0.770. The summed E-state index contributed by atoms with van der Waals surface area (Å²) >= 11 is 0. The number of hydrogen-bond donors (Lipinski definition) is 20. The minimum atomic E-state index is -2.24. The molecule has 12 unspecified atom stereocenters. The highest BCUT2D eigenvalue weighted by Gasteiger charge is 2.58. The number of ether oxygens (including phenoxy) is 12. The number of unbranched alkanes of at least 4 members (excludes halogenated alkanes) is 31. The van der Waals surface area contributed by atoms with E-state index >= 15 is 0 Å². The number of rotatable bonds is 56. The van der Waals surface area contributed by atoms with Crippen molar-refractivity contribution in [3.05, 3.63) is 12.2 Å². The molecule has 6 heterocycles. The molecule has 0 bridgehead atoms. The van der Waals surface area contributed by atoms with Crippen LogP contribution in [0.15, 0.2) is 12.2 Å². The smallest absolute Gasteiger partial charge is 0.220 e. The second-order valence-corrected chi connectivity index (χ2v) is 32.0. The normalized spacial score (nSPS) is 36.8. The van der Waals surface area contributed by atoms with Crippen molar-refractivity contribution in [2.45, 2.75) is 442 Å². The zero-order valence-electron chi connectivity index (χ0n) is 67.7. The van der Waals surface area contributed by atoms with E-state index in [0.717, 1.165) is 58.3 Å². The Morgan fingerprint density at radius 2 is 0.711 bits per heavy atom. The molecular formula is C80H146N2O32. The zero-order chi connectivity index (χ0) is 83.2. The number of carbonyl (C=O) groups is 2. The van der Waals surface area contributed by atoms with Gasteiger partial charge in [-0.05, 0) is 26.2 Å². The quantitative estimate of drug-likeness (QED) is 0.0296. The number of carbonyl (C=O) groups excluding carboxylic acids is 2. The number of nitrogens with one attached hydrogen (secondary N) is 2. The fourth-order valence-electron chi connectivity index (χ4n) is 15.8. The molecule has 6 fully saturated rings. The van der Waals surface area contributed by atoms with Crippen LogP contribution < -0.4 is 10.6 Å². The Kier molecular flexibility index (Phi) is 48.2. The highest BCUT2D eigenvalue weighted by Crippen LogP contribution is 2.38. The number of allylic oxidation sites excluding steroid dienone is 1. The first-order valence-electron chi connectivity index (χ1n) is 42.8. The lowest BCUT2D eigenvalue weighted by molar-refractivity contribution is -0.389. The van der Waals surface area contributed by atoms with Gasteiger partial charge in [0.2, 0.25) is 11.8 Å². The van der Waals surface area contributed by atoms with E-state index in [4.69, 9.17) is 56.8 Å². The molecule has 668 valence electrons. The van der Waals surface area contributed by atoms with Gasteiger partial charge in [0.25, 0.3) is 0 Å². The van der Waals surface area contributed by atoms with Gasteiger partial charge in [0.05, 0.1) is 57.9 Å². The molecule has 6 rings (SSSR count). The fraction of sp³-hybridized carbons (Fsp3) is 0.950. The molecule has 6 aliphatic rings. The van der Waals surface area contributed by atoms with Crippen LogP contribution in [0.2, 0.25) is 0 Å². The Hall–Kier alpha value is -2.52. The molecule has 2 amide bonds. The summed E-state index contributed by atoms with van der Waals surface area (Å²) in [5, 5.41) is 206. The Balaban J connectivity index is 1.01. The van der Waals surface area contributed by atoms with E-state index in [1.54, 1.807) is 6.08 Å². The minimum absolute atomic E-state index is 0.191. The Morgan fingerprint density at radius 1 is 0.368 bits per heavy atom. The molecule has 34 heteroatoms. The van der Waals surface area contributed by atoms with Crippen LogP contribution in [0.1, 0.15) is 246 Å². The monoisotopic (exact) mass is 1650 g/mol. The molecule has 0 aromatic carbocycles. The summed E-state index contributed by atoms with van der Waals surface area (Å²) in [5.41, 5.74) is 0.